The molecule has 0 saturated carbocycles. The molecule has 7 heteroatoms. The van der Waals surface area contributed by atoms with Gasteiger partial charge in [-0.2, -0.15) is 0 Å². The third-order valence-corrected chi connectivity index (χ3v) is 5.37. The van der Waals surface area contributed by atoms with E-state index in [1.807, 2.05) is 23.1 Å². The van der Waals surface area contributed by atoms with Crippen molar-refractivity contribution in [3.05, 3.63) is 23.8 Å². The lowest BCUT2D eigenvalue weighted by Gasteiger charge is -2.28. The highest BCUT2D eigenvalue weighted by molar-refractivity contribution is 5.79. The predicted molar refractivity (Wildman–Crippen MR) is 93.5 cm³/mol. The largest absolute Gasteiger partial charge is 0.486 e. The van der Waals surface area contributed by atoms with Crippen molar-refractivity contribution in [3.8, 4) is 11.5 Å². The van der Waals surface area contributed by atoms with Gasteiger partial charge in [-0.3, -0.25) is 9.69 Å². The van der Waals surface area contributed by atoms with E-state index >= 15 is 0 Å². The van der Waals surface area contributed by atoms with Crippen LogP contribution in [0.25, 0.3) is 0 Å². The number of nitrogens with zero attached hydrogens (tertiary/aromatic N) is 2. The van der Waals surface area contributed by atoms with Gasteiger partial charge >= 0.3 is 0 Å². The molecule has 1 unspecified atom stereocenters. The maximum absolute atomic E-state index is 12.8. The van der Waals surface area contributed by atoms with Crippen LogP contribution in [0.15, 0.2) is 18.2 Å². The number of carbonyl (C=O) groups excluding carboxylic acids is 1. The Morgan fingerprint density at radius 1 is 1.12 bits per heavy atom. The summed E-state index contributed by atoms with van der Waals surface area (Å²) in [4.78, 5) is 16.9. The number of ether oxygens (including phenoxy) is 2. The van der Waals surface area contributed by atoms with Crippen molar-refractivity contribution in [1.29, 1.82) is 0 Å². The van der Waals surface area contributed by atoms with Crippen molar-refractivity contribution in [3.63, 3.8) is 0 Å². The number of rotatable bonds is 3. The fourth-order valence-electron chi connectivity index (χ4n) is 4.03. The number of carbonyl (C=O) groups is 1. The maximum Gasteiger partial charge on any atom is 0.237 e. The van der Waals surface area contributed by atoms with Crippen molar-refractivity contribution in [2.24, 2.45) is 11.5 Å². The van der Waals surface area contributed by atoms with E-state index < -0.39 is 0 Å². The van der Waals surface area contributed by atoms with Crippen LogP contribution in [0.4, 0.5) is 0 Å². The smallest absolute Gasteiger partial charge is 0.237 e. The first kappa shape index (κ1) is 16.6. The zero-order valence-corrected chi connectivity index (χ0v) is 14.4. The molecule has 2 saturated heterocycles. The van der Waals surface area contributed by atoms with Crippen LogP contribution in [-0.2, 0) is 4.79 Å². The summed E-state index contributed by atoms with van der Waals surface area (Å²) >= 11 is 0. The number of hydrogen-bond acceptors (Lipinski definition) is 6. The van der Waals surface area contributed by atoms with Gasteiger partial charge in [0.2, 0.25) is 5.91 Å². The number of likely N-dealkylation sites (tertiary alicyclic amines) is 2. The Labute approximate surface area is 147 Å². The van der Waals surface area contributed by atoms with Crippen molar-refractivity contribution in [2.75, 3.05) is 39.4 Å². The van der Waals surface area contributed by atoms with Gasteiger partial charge in [0, 0.05) is 31.7 Å². The summed E-state index contributed by atoms with van der Waals surface area (Å²) in [5.74, 6) is 1.71. The third-order valence-electron chi connectivity index (χ3n) is 5.37. The molecule has 2 fully saturated rings. The Balaban J connectivity index is 1.46. The minimum absolute atomic E-state index is 0.0417. The van der Waals surface area contributed by atoms with Crippen LogP contribution in [0.3, 0.4) is 0 Å². The van der Waals surface area contributed by atoms with Crippen LogP contribution in [0, 0.1) is 0 Å². The van der Waals surface area contributed by atoms with Crippen molar-refractivity contribution in [2.45, 2.75) is 31.0 Å². The molecule has 0 aliphatic carbocycles. The highest BCUT2D eigenvalue weighted by atomic mass is 16.6. The minimum atomic E-state index is -0.0417. The zero-order chi connectivity index (χ0) is 17.4. The Kier molecular flexibility index (Phi) is 4.54. The van der Waals surface area contributed by atoms with E-state index in [0.29, 0.717) is 32.8 Å². The van der Waals surface area contributed by atoms with Gasteiger partial charge in [-0.05, 0) is 30.5 Å². The second kappa shape index (κ2) is 6.82. The normalized spacial score (nSPS) is 29.2. The number of amides is 1. The highest BCUT2D eigenvalue weighted by Gasteiger charge is 2.34. The molecule has 0 spiro atoms. The number of fused-ring (bicyclic) bond motifs is 1. The van der Waals surface area contributed by atoms with Crippen LogP contribution in [0.2, 0.25) is 0 Å². The molecule has 136 valence electrons. The molecule has 0 radical (unpaired) electrons. The van der Waals surface area contributed by atoms with E-state index in [2.05, 4.69) is 4.90 Å². The summed E-state index contributed by atoms with van der Waals surface area (Å²) in [5, 5.41) is 0. The Bertz CT molecular complexity index is 643. The molecule has 1 amide bonds. The molecular weight excluding hydrogens is 320 g/mol. The van der Waals surface area contributed by atoms with Gasteiger partial charge in [-0.15, -0.1) is 0 Å². The highest BCUT2D eigenvalue weighted by Crippen LogP contribution is 2.38. The van der Waals surface area contributed by atoms with Gasteiger partial charge in [0.25, 0.3) is 0 Å². The van der Waals surface area contributed by atoms with Crippen molar-refractivity contribution >= 4 is 5.91 Å². The van der Waals surface area contributed by atoms with E-state index in [1.165, 1.54) is 0 Å². The van der Waals surface area contributed by atoms with E-state index in [9.17, 15) is 4.79 Å². The van der Waals surface area contributed by atoms with Gasteiger partial charge in [-0.1, -0.05) is 6.07 Å². The average Bonchev–Trinajstić information content (AvgIpc) is 3.21. The Morgan fingerprint density at radius 3 is 2.60 bits per heavy atom. The fourth-order valence-corrected chi connectivity index (χ4v) is 4.03. The van der Waals surface area contributed by atoms with E-state index in [1.54, 1.807) is 0 Å². The van der Waals surface area contributed by atoms with Crippen LogP contribution in [0.1, 0.15) is 24.4 Å². The van der Waals surface area contributed by atoms with Crippen LogP contribution in [-0.4, -0.2) is 67.2 Å². The molecular formula is C18H26N4O3. The Hall–Kier alpha value is -1.83. The number of hydrogen-bond donors (Lipinski definition) is 2. The number of benzene rings is 1. The first-order valence-corrected chi connectivity index (χ1v) is 9.04. The van der Waals surface area contributed by atoms with E-state index in [-0.39, 0.29) is 24.0 Å². The SMILES string of the molecule is N[C@@H]1CN(CC(=O)N2CCCC2c2ccc3c(c2)OCCO3)C[C@H]1N. The van der Waals surface area contributed by atoms with Gasteiger partial charge in [-0.25, -0.2) is 0 Å². The van der Waals surface area contributed by atoms with Gasteiger partial charge in [0.1, 0.15) is 13.2 Å². The average molecular weight is 346 g/mol. The van der Waals surface area contributed by atoms with Crippen molar-refractivity contribution < 1.29 is 14.3 Å². The second-order valence-corrected chi connectivity index (χ2v) is 7.17. The predicted octanol–water partition coefficient (Wildman–Crippen LogP) is 0.0915. The number of nitrogens with two attached hydrogens (primary N) is 2. The molecule has 1 aromatic carbocycles. The summed E-state index contributed by atoms with van der Waals surface area (Å²) in [5.41, 5.74) is 13.0. The summed E-state index contributed by atoms with van der Waals surface area (Å²) in [7, 11) is 0. The lowest BCUT2D eigenvalue weighted by Crippen LogP contribution is -2.40. The second-order valence-electron chi connectivity index (χ2n) is 7.17. The molecule has 3 aliphatic rings. The molecule has 4 rings (SSSR count). The summed E-state index contributed by atoms with van der Waals surface area (Å²) < 4.78 is 11.3. The molecule has 1 aromatic rings. The lowest BCUT2D eigenvalue weighted by molar-refractivity contribution is -0.133. The monoisotopic (exact) mass is 346 g/mol. The molecule has 3 aliphatic heterocycles. The molecule has 7 nitrogen and oxygen atoms in total. The van der Waals surface area contributed by atoms with Gasteiger partial charge in [0.05, 0.1) is 12.6 Å². The van der Waals surface area contributed by atoms with Gasteiger partial charge in [0.15, 0.2) is 11.5 Å². The molecule has 4 N–H and O–H groups in total. The fraction of sp³-hybridized carbons (Fsp3) is 0.611. The van der Waals surface area contributed by atoms with E-state index in [0.717, 1.165) is 36.4 Å². The summed E-state index contributed by atoms with van der Waals surface area (Å²) in [6, 6.07) is 6.04. The zero-order valence-electron chi connectivity index (χ0n) is 14.4. The quantitative estimate of drug-likeness (QED) is 0.806. The van der Waals surface area contributed by atoms with Crippen LogP contribution in [0.5, 0.6) is 11.5 Å². The summed E-state index contributed by atoms with van der Waals surface area (Å²) in [6.45, 7) is 3.72. The van der Waals surface area contributed by atoms with E-state index in [4.69, 9.17) is 20.9 Å². The minimum Gasteiger partial charge on any atom is -0.486 e. The Morgan fingerprint density at radius 2 is 1.84 bits per heavy atom. The molecule has 0 aromatic heterocycles. The molecule has 25 heavy (non-hydrogen) atoms. The first-order chi connectivity index (χ1) is 12.1. The standard InChI is InChI=1S/C18H26N4O3/c19-13-9-21(10-14(13)20)11-18(23)22-5-1-2-15(22)12-3-4-16-17(8-12)25-7-6-24-16/h3-4,8,13-15H,1-2,5-7,9-11,19-20H2/t13-,14-,15?/m1/s1. The molecule has 3 heterocycles. The third kappa shape index (κ3) is 3.31. The first-order valence-electron chi connectivity index (χ1n) is 9.04. The molecule has 0 bridgehead atoms. The molecule has 3 atom stereocenters. The van der Waals surface area contributed by atoms with Crippen molar-refractivity contribution in [1.82, 2.24) is 9.80 Å². The van der Waals surface area contributed by atoms with Crippen LogP contribution < -0.4 is 20.9 Å². The topological polar surface area (TPSA) is 94.0 Å². The van der Waals surface area contributed by atoms with Crippen LogP contribution >= 0.6 is 0 Å². The van der Waals surface area contributed by atoms with Gasteiger partial charge < -0.3 is 25.8 Å². The summed E-state index contributed by atoms with van der Waals surface area (Å²) in [6.07, 6.45) is 1.99. The maximum atomic E-state index is 12.8. The lowest BCUT2D eigenvalue weighted by atomic mass is 10.0.